The molecule has 1 aliphatic rings. The van der Waals surface area contributed by atoms with Crippen molar-refractivity contribution in [3.05, 3.63) is 23.8 Å². The molecular weight excluding hydrogens is 268 g/mol. The molecule has 0 saturated carbocycles. The highest BCUT2D eigenvalue weighted by Crippen LogP contribution is 2.25. The van der Waals surface area contributed by atoms with Crippen LogP contribution in [0.4, 0.5) is 16.2 Å². The maximum atomic E-state index is 12.2. The normalized spacial score (nSPS) is 14.5. The summed E-state index contributed by atoms with van der Waals surface area (Å²) >= 11 is 0. The molecule has 1 aliphatic heterocycles. The molecule has 0 bridgehead atoms. The number of aryl methyl sites for hydroxylation is 1. The number of carbonyl (C=O) groups excluding carboxylic acids is 2. The molecule has 0 fully saturated rings. The lowest BCUT2D eigenvalue weighted by atomic mass is 10.0. The Kier molecular flexibility index (Phi) is 5.03. The van der Waals surface area contributed by atoms with Crippen LogP contribution >= 0.6 is 0 Å². The molecule has 0 saturated heterocycles. The Balaban J connectivity index is 2.05. The van der Waals surface area contributed by atoms with Gasteiger partial charge < -0.3 is 21.7 Å². The zero-order valence-corrected chi connectivity index (χ0v) is 12.2. The number of hydrogen-bond acceptors (Lipinski definition) is 3. The molecule has 21 heavy (non-hydrogen) atoms. The van der Waals surface area contributed by atoms with E-state index in [9.17, 15) is 9.59 Å². The van der Waals surface area contributed by atoms with Crippen LogP contribution in [0.5, 0.6) is 0 Å². The van der Waals surface area contributed by atoms with E-state index in [2.05, 4.69) is 16.0 Å². The number of fused-ring (bicyclic) bond motifs is 1. The molecule has 6 nitrogen and oxygen atoms in total. The van der Waals surface area contributed by atoms with Crippen LogP contribution < -0.4 is 21.7 Å². The van der Waals surface area contributed by atoms with E-state index in [4.69, 9.17) is 5.73 Å². The van der Waals surface area contributed by atoms with Crippen LogP contribution in [0.25, 0.3) is 0 Å². The average molecular weight is 290 g/mol. The summed E-state index contributed by atoms with van der Waals surface area (Å²) in [5, 5.41) is 8.65. The number of nitrogens with two attached hydrogens (primary N) is 1. The van der Waals surface area contributed by atoms with Crippen molar-refractivity contribution < 1.29 is 9.59 Å². The quantitative estimate of drug-likeness (QED) is 0.666. The molecule has 6 heteroatoms. The van der Waals surface area contributed by atoms with Crippen molar-refractivity contribution in [3.8, 4) is 0 Å². The summed E-state index contributed by atoms with van der Waals surface area (Å²) in [6.07, 6.45) is 3.43. The highest BCUT2D eigenvalue weighted by Gasteiger charge is 2.19. The summed E-state index contributed by atoms with van der Waals surface area (Å²) in [6, 6.07) is 4.54. The summed E-state index contributed by atoms with van der Waals surface area (Å²) in [5.41, 5.74) is 8.18. The molecule has 0 unspecified atom stereocenters. The second-order valence-corrected chi connectivity index (χ2v) is 5.24. The van der Waals surface area contributed by atoms with Crippen LogP contribution in [-0.2, 0) is 11.2 Å². The SMILES string of the molecule is CCC[C@@H](NC(N)=O)C(=O)Nc1ccc2c(c1)CCCN2. The van der Waals surface area contributed by atoms with Crippen molar-refractivity contribution in [2.75, 3.05) is 17.2 Å². The summed E-state index contributed by atoms with van der Waals surface area (Å²) < 4.78 is 0. The van der Waals surface area contributed by atoms with Gasteiger partial charge in [-0.05, 0) is 43.0 Å². The molecule has 1 atom stereocenters. The first-order valence-electron chi connectivity index (χ1n) is 7.33. The topological polar surface area (TPSA) is 96.2 Å². The largest absolute Gasteiger partial charge is 0.385 e. The molecule has 0 radical (unpaired) electrons. The number of benzene rings is 1. The Morgan fingerprint density at radius 2 is 2.24 bits per heavy atom. The molecule has 3 amide bonds. The van der Waals surface area contributed by atoms with Crippen LogP contribution in [-0.4, -0.2) is 24.5 Å². The third-order valence-electron chi connectivity index (χ3n) is 3.52. The van der Waals surface area contributed by atoms with Gasteiger partial charge in [-0.3, -0.25) is 4.79 Å². The van der Waals surface area contributed by atoms with Crippen molar-refractivity contribution in [1.82, 2.24) is 5.32 Å². The third kappa shape index (κ3) is 4.11. The summed E-state index contributed by atoms with van der Waals surface area (Å²) in [5.74, 6) is -0.237. The van der Waals surface area contributed by atoms with E-state index in [0.29, 0.717) is 6.42 Å². The van der Waals surface area contributed by atoms with Gasteiger partial charge in [0.2, 0.25) is 5.91 Å². The van der Waals surface area contributed by atoms with Crippen LogP contribution in [0.15, 0.2) is 18.2 Å². The molecular formula is C15H22N4O2. The van der Waals surface area contributed by atoms with Crippen molar-refractivity contribution in [2.24, 2.45) is 5.73 Å². The second kappa shape index (κ2) is 6.97. The molecule has 1 aromatic rings. The second-order valence-electron chi connectivity index (χ2n) is 5.24. The molecule has 114 valence electrons. The number of hydrogen-bond donors (Lipinski definition) is 4. The molecule has 0 aliphatic carbocycles. The van der Waals surface area contributed by atoms with Gasteiger partial charge in [0.1, 0.15) is 6.04 Å². The van der Waals surface area contributed by atoms with Crippen LogP contribution in [0.1, 0.15) is 31.7 Å². The van der Waals surface area contributed by atoms with Gasteiger partial charge in [-0.15, -0.1) is 0 Å². The number of carbonyl (C=O) groups is 2. The molecule has 0 spiro atoms. The standard InChI is InChI=1S/C15H22N4O2/c1-2-4-13(19-15(16)21)14(20)18-11-6-7-12-10(9-11)5-3-8-17-12/h6-7,9,13,17H,2-5,8H2,1H3,(H,18,20)(H3,16,19,21)/t13-/m1/s1. The predicted molar refractivity (Wildman–Crippen MR) is 83.3 cm³/mol. The van der Waals surface area contributed by atoms with Crippen LogP contribution in [0.3, 0.4) is 0 Å². The molecule has 5 N–H and O–H groups in total. The summed E-state index contributed by atoms with van der Waals surface area (Å²) in [6.45, 7) is 2.94. The maximum Gasteiger partial charge on any atom is 0.312 e. The number of rotatable bonds is 5. The van der Waals surface area contributed by atoms with E-state index < -0.39 is 12.1 Å². The lowest BCUT2D eigenvalue weighted by molar-refractivity contribution is -0.118. The summed E-state index contributed by atoms with van der Waals surface area (Å²) in [7, 11) is 0. The van der Waals surface area contributed by atoms with Crippen molar-refractivity contribution in [2.45, 2.75) is 38.6 Å². The minimum Gasteiger partial charge on any atom is -0.385 e. The van der Waals surface area contributed by atoms with Gasteiger partial charge in [0.25, 0.3) is 0 Å². The Labute approximate surface area is 124 Å². The fourth-order valence-corrected chi connectivity index (χ4v) is 2.51. The van der Waals surface area contributed by atoms with E-state index >= 15 is 0 Å². The Hall–Kier alpha value is -2.24. The Bertz CT molecular complexity index is 530. The Morgan fingerprint density at radius 1 is 1.43 bits per heavy atom. The zero-order valence-electron chi connectivity index (χ0n) is 12.2. The van der Waals surface area contributed by atoms with Crippen LogP contribution in [0, 0.1) is 0 Å². The fraction of sp³-hybridized carbons (Fsp3) is 0.467. The highest BCUT2D eigenvalue weighted by atomic mass is 16.2. The van der Waals surface area contributed by atoms with Gasteiger partial charge in [0.15, 0.2) is 0 Å². The van der Waals surface area contributed by atoms with Crippen molar-refractivity contribution in [1.29, 1.82) is 0 Å². The molecule has 0 aromatic heterocycles. The van der Waals surface area contributed by atoms with E-state index in [1.807, 2.05) is 25.1 Å². The van der Waals surface area contributed by atoms with Gasteiger partial charge in [-0.2, -0.15) is 0 Å². The lowest BCUT2D eigenvalue weighted by Gasteiger charge is -2.20. The minimum absolute atomic E-state index is 0.237. The van der Waals surface area contributed by atoms with Gasteiger partial charge in [-0.1, -0.05) is 13.3 Å². The molecule has 1 heterocycles. The van der Waals surface area contributed by atoms with Gasteiger partial charge in [-0.25, -0.2) is 4.79 Å². The first kappa shape index (κ1) is 15.2. The van der Waals surface area contributed by atoms with Gasteiger partial charge >= 0.3 is 6.03 Å². The monoisotopic (exact) mass is 290 g/mol. The number of anilines is 2. The predicted octanol–water partition coefficient (Wildman–Crippen LogP) is 1.82. The zero-order chi connectivity index (χ0) is 15.2. The number of primary amides is 1. The van der Waals surface area contributed by atoms with Crippen molar-refractivity contribution in [3.63, 3.8) is 0 Å². The van der Waals surface area contributed by atoms with Gasteiger partial charge in [0, 0.05) is 17.9 Å². The van der Waals surface area contributed by atoms with E-state index in [1.54, 1.807) is 0 Å². The minimum atomic E-state index is -0.682. The highest BCUT2D eigenvalue weighted by molar-refractivity contribution is 5.97. The van der Waals surface area contributed by atoms with E-state index in [0.717, 1.165) is 37.2 Å². The number of amides is 3. The fourth-order valence-electron chi connectivity index (χ4n) is 2.51. The van der Waals surface area contributed by atoms with Gasteiger partial charge in [0.05, 0.1) is 0 Å². The van der Waals surface area contributed by atoms with Crippen molar-refractivity contribution >= 4 is 23.3 Å². The molecule has 1 aromatic carbocycles. The number of nitrogens with one attached hydrogen (secondary N) is 3. The first-order valence-corrected chi connectivity index (χ1v) is 7.33. The number of urea groups is 1. The smallest absolute Gasteiger partial charge is 0.312 e. The van der Waals surface area contributed by atoms with E-state index in [-0.39, 0.29) is 5.91 Å². The van der Waals surface area contributed by atoms with Crippen LogP contribution in [0.2, 0.25) is 0 Å². The summed E-state index contributed by atoms with van der Waals surface area (Å²) in [4.78, 5) is 23.2. The first-order chi connectivity index (χ1) is 10.1. The lowest BCUT2D eigenvalue weighted by Crippen LogP contribution is -2.46. The molecule has 2 rings (SSSR count). The third-order valence-corrected chi connectivity index (χ3v) is 3.52. The van der Waals surface area contributed by atoms with E-state index in [1.165, 1.54) is 5.56 Å². The Morgan fingerprint density at radius 3 is 2.95 bits per heavy atom. The maximum absolute atomic E-state index is 12.2. The average Bonchev–Trinajstić information content (AvgIpc) is 2.46.